The second-order valence-electron chi connectivity index (χ2n) is 8.07. The predicted octanol–water partition coefficient (Wildman–Crippen LogP) is 5.56. The van der Waals surface area contributed by atoms with E-state index >= 15 is 0 Å². The summed E-state index contributed by atoms with van der Waals surface area (Å²) in [6.07, 6.45) is 22.2. The van der Waals surface area contributed by atoms with Crippen molar-refractivity contribution in [2.75, 3.05) is 19.6 Å². The van der Waals surface area contributed by atoms with Gasteiger partial charge >= 0.3 is 5.97 Å². The minimum atomic E-state index is -0.713. The van der Waals surface area contributed by atoms with Gasteiger partial charge in [0.2, 0.25) is 0 Å². The fourth-order valence-electron chi connectivity index (χ4n) is 4.02. The highest BCUT2D eigenvalue weighted by molar-refractivity contribution is 5.69. The van der Waals surface area contributed by atoms with Gasteiger partial charge in [0.1, 0.15) is 0 Å². The number of rotatable bonds is 18. The first-order valence-corrected chi connectivity index (χ1v) is 11.4. The highest BCUT2D eigenvalue weighted by Gasteiger charge is 2.24. The largest absolute Gasteiger partial charge is 0.480 e. The van der Waals surface area contributed by atoms with E-state index in [1.807, 2.05) is 0 Å². The third kappa shape index (κ3) is 12.7. The van der Waals surface area contributed by atoms with Crippen molar-refractivity contribution in [2.24, 2.45) is 0 Å². The van der Waals surface area contributed by atoms with Crippen LogP contribution in [0.4, 0.5) is 0 Å². The minimum absolute atomic E-state index is 0.177. The average Bonchev–Trinajstić information content (AvgIpc) is 3.04. The van der Waals surface area contributed by atoms with Crippen molar-refractivity contribution >= 4 is 5.97 Å². The van der Waals surface area contributed by atoms with Gasteiger partial charge in [0.05, 0.1) is 12.7 Å². The molecule has 2 N–H and O–H groups in total. The molecule has 0 aromatic heterocycles. The lowest BCUT2D eigenvalue weighted by Gasteiger charge is -2.21. The Labute approximate surface area is 162 Å². The normalized spacial score (nSPS) is 17.8. The fraction of sp³-hybridized carbons (Fsp3) is 0.955. The molecule has 4 nitrogen and oxygen atoms in total. The lowest BCUT2D eigenvalue weighted by atomic mass is 10.0. The molecular weight excluding hydrogens is 324 g/mol. The summed E-state index contributed by atoms with van der Waals surface area (Å²) in [5.74, 6) is -0.713. The van der Waals surface area contributed by atoms with E-state index < -0.39 is 5.97 Å². The number of carboxylic acids is 1. The second kappa shape index (κ2) is 16.6. The van der Waals surface area contributed by atoms with Gasteiger partial charge < -0.3 is 10.4 Å². The van der Waals surface area contributed by atoms with Crippen LogP contribution in [0.2, 0.25) is 0 Å². The van der Waals surface area contributed by atoms with Crippen LogP contribution in [0.5, 0.6) is 0 Å². The fourth-order valence-corrected chi connectivity index (χ4v) is 4.02. The quantitative estimate of drug-likeness (QED) is 0.311. The van der Waals surface area contributed by atoms with E-state index in [1.54, 1.807) is 0 Å². The average molecular weight is 369 g/mol. The zero-order valence-corrected chi connectivity index (χ0v) is 17.3. The maximum atomic E-state index is 10.8. The Morgan fingerprint density at radius 1 is 0.846 bits per heavy atom. The summed E-state index contributed by atoms with van der Waals surface area (Å²) >= 11 is 0. The van der Waals surface area contributed by atoms with Crippen molar-refractivity contribution in [1.82, 2.24) is 10.2 Å². The number of hydrogen-bond acceptors (Lipinski definition) is 3. The van der Waals surface area contributed by atoms with Crippen molar-refractivity contribution in [3.63, 3.8) is 0 Å². The zero-order valence-electron chi connectivity index (χ0n) is 17.3. The van der Waals surface area contributed by atoms with Crippen LogP contribution in [0.25, 0.3) is 0 Å². The second-order valence-corrected chi connectivity index (χ2v) is 8.07. The topological polar surface area (TPSA) is 52.6 Å². The molecule has 0 bridgehead atoms. The Bertz CT molecular complexity index is 336. The lowest BCUT2D eigenvalue weighted by molar-refractivity contribution is -0.138. The first kappa shape index (κ1) is 23.4. The van der Waals surface area contributed by atoms with Gasteiger partial charge in [0, 0.05) is 13.1 Å². The van der Waals surface area contributed by atoms with Gasteiger partial charge in [-0.3, -0.25) is 9.69 Å². The van der Waals surface area contributed by atoms with Gasteiger partial charge in [-0.25, -0.2) is 0 Å². The monoisotopic (exact) mass is 368 g/mol. The molecule has 1 heterocycles. The Kier molecular flexibility index (Phi) is 14.9. The number of hydrogen-bond donors (Lipinski definition) is 2. The number of carboxylic acid groups (broad SMARTS) is 1. The van der Waals surface area contributed by atoms with E-state index in [-0.39, 0.29) is 12.7 Å². The molecule has 1 unspecified atom stereocenters. The first-order valence-electron chi connectivity index (χ1n) is 11.4. The number of nitrogens with one attached hydrogen (secondary N) is 1. The van der Waals surface area contributed by atoms with E-state index in [9.17, 15) is 4.79 Å². The highest BCUT2D eigenvalue weighted by Crippen LogP contribution is 2.15. The maximum absolute atomic E-state index is 10.8. The van der Waals surface area contributed by atoms with Crippen LogP contribution in [0, 0.1) is 0 Å². The summed E-state index contributed by atoms with van der Waals surface area (Å²) in [7, 11) is 0. The first-order chi connectivity index (χ1) is 12.7. The Morgan fingerprint density at radius 3 is 1.77 bits per heavy atom. The van der Waals surface area contributed by atoms with Gasteiger partial charge in [0.15, 0.2) is 0 Å². The zero-order chi connectivity index (χ0) is 18.9. The molecule has 0 spiro atoms. The molecule has 0 saturated carbocycles. The summed E-state index contributed by atoms with van der Waals surface area (Å²) in [6, 6.07) is 0. The third-order valence-electron chi connectivity index (χ3n) is 5.64. The van der Waals surface area contributed by atoms with E-state index in [0.717, 1.165) is 19.5 Å². The summed E-state index contributed by atoms with van der Waals surface area (Å²) in [4.78, 5) is 12.9. The van der Waals surface area contributed by atoms with Gasteiger partial charge in [0.25, 0.3) is 0 Å². The number of carbonyl (C=O) groups is 1. The van der Waals surface area contributed by atoms with E-state index in [1.165, 1.54) is 96.3 Å². The highest BCUT2D eigenvalue weighted by atomic mass is 16.4. The van der Waals surface area contributed by atoms with Crippen LogP contribution in [-0.4, -0.2) is 41.8 Å². The van der Waals surface area contributed by atoms with Crippen molar-refractivity contribution in [3.8, 4) is 0 Å². The molecule has 0 amide bonds. The predicted molar refractivity (Wildman–Crippen MR) is 111 cm³/mol. The van der Waals surface area contributed by atoms with Crippen LogP contribution in [-0.2, 0) is 4.79 Å². The molecular formula is C22H44N2O2. The molecule has 0 aromatic carbocycles. The molecule has 1 rings (SSSR count). The Hall–Kier alpha value is -0.610. The standard InChI is InChI=1S/C22H44N2O2/c1-2-3-4-5-6-7-8-9-10-11-12-13-14-15-16-17-21-23-18-19-24(21)20-22(25)26/h21,23H,2-20H2,1H3,(H,25,26). The van der Waals surface area contributed by atoms with Gasteiger partial charge in [-0.2, -0.15) is 0 Å². The number of aliphatic carboxylic acids is 1. The molecule has 0 aliphatic carbocycles. The van der Waals surface area contributed by atoms with E-state index in [0.29, 0.717) is 0 Å². The lowest BCUT2D eigenvalue weighted by Crippen LogP contribution is -2.38. The van der Waals surface area contributed by atoms with Gasteiger partial charge in [-0.05, 0) is 6.42 Å². The smallest absolute Gasteiger partial charge is 0.317 e. The van der Waals surface area contributed by atoms with Crippen LogP contribution >= 0.6 is 0 Å². The van der Waals surface area contributed by atoms with Crippen LogP contribution in [0.1, 0.15) is 110 Å². The minimum Gasteiger partial charge on any atom is -0.480 e. The van der Waals surface area contributed by atoms with E-state index in [2.05, 4.69) is 17.1 Å². The molecule has 1 atom stereocenters. The van der Waals surface area contributed by atoms with Crippen molar-refractivity contribution in [1.29, 1.82) is 0 Å². The molecule has 1 fully saturated rings. The molecule has 0 aromatic rings. The summed E-state index contributed by atoms with van der Waals surface area (Å²) < 4.78 is 0. The van der Waals surface area contributed by atoms with E-state index in [4.69, 9.17) is 5.11 Å². The summed E-state index contributed by atoms with van der Waals surface area (Å²) in [5, 5.41) is 12.4. The molecule has 154 valence electrons. The van der Waals surface area contributed by atoms with Crippen LogP contribution in [0.3, 0.4) is 0 Å². The molecule has 4 heteroatoms. The SMILES string of the molecule is CCCCCCCCCCCCCCCCCC1NCCN1CC(=O)O. The number of unbranched alkanes of at least 4 members (excludes halogenated alkanes) is 14. The molecule has 0 radical (unpaired) electrons. The third-order valence-corrected chi connectivity index (χ3v) is 5.64. The van der Waals surface area contributed by atoms with Crippen molar-refractivity contribution < 1.29 is 9.90 Å². The molecule has 1 aliphatic rings. The van der Waals surface area contributed by atoms with Crippen molar-refractivity contribution in [3.05, 3.63) is 0 Å². The Balaban J connectivity index is 1.79. The Morgan fingerprint density at radius 2 is 1.31 bits per heavy atom. The molecule has 26 heavy (non-hydrogen) atoms. The summed E-state index contributed by atoms with van der Waals surface area (Å²) in [6.45, 7) is 4.26. The van der Waals surface area contributed by atoms with Crippen LogP contribution in [0.15, 0.2) is 0 Å². The maximum Gasteiger partial charge on any atom is 0.317 e. The number of nitrogens with zero attached hydrogens (tertiary/aromatic N) is 1. The van der Waals surface area contributed by atoms with Gasteiger partial charge in [-0.15, -0.1) is 0 Å². The van der Waals surface area contributed by atoms with Crippen molar-refractivity contribution in [2.45, 2.75) is 116 Å². The van der Waals surface area contributed by atoms with Crippen LogP contribution < -0.4 is 5.32 Å². The molecule has 1 aliphatic heterocycles. The molecule has 1 saturated heterocycles. The van der Waals surface area contributed by atoms with Gasteiger partial charge in [-0.1, -0.05) is 103 Å². The summed E-state index contributed by atoms with van der Waals surface area (Å²) in [5.41, 5.74) is 0.